The van der Waals surface area contributed by atoms with Crippen LogP contribution in [-0.4, -0.2) is 20.4 Å². The normalized spacial score (nSPS) is 14.2. The van der Waals surface area contributed by atoms with Crippen molar-refractivity contribution in [3.8, 4) is 23.0 Å². The monoisotopic (exact) mass is 648 g/mol. The Kier molecular flexibility index (Phi) is 8.77. The van der Waals surface area contributed by atoms with Crippen LogP contribution < -0.4 is 0 Å². The molecular weight excluding hydrogens is 592 g/mol. The van der Waals surface area contributed by atoms with Gasteiger partial charge in [-0.05, 0) is 88.4 Å². The zero-order valence-electron chi connectivity index (χ0n) is 31.2. The fraction of sp³-hybridized carbons (Fsp3) is 0.455. The van der Waals surface area contributed by atoms with Crippen molar-refractivity contribution in [2.45, 2.75) is 130 Å². The third-order valence-corrected chi connectivity index (χ3v) is 10.1. The topological polar surface area (TPSA) is 80.9 Å². The Balaban J connectivity index is 1.89. The zero-order chi connectivity index (χ0) is 35.7. The first-order valence-corrected chi connectivity index (χ1v) is 17.3. The predicted octanol–water partition coefficient (Wildman–Crippen LogP) is 10.4. The van der Waals surface area contributed by atoms with Gasteiger partial charge in [-0.3, -0.25) is 0 Å². The van der Waals surface area contributed by atoms with Crippen LogP contribution in [0.15, 0.2) is 48.5 Å². The molecule has 0 radical (unpaired) electrons. The van der Waals surface area contributed by atoms with E-state index in [0.717, 1.165) is 66.8 Å². The van der Waals surface area contributed by atoms with Gasteiger partial charge in [0.25, 0.3) is 0 Å². The Labute approximate surface area is 288 Å². The molecule has 4 nitrogen and oxygen atoms in total. The number of hydrogen-bond donors (Lipinski definition) is 4. The lowest BCUT2D eigenvalue weighted by atomic mass is 9.79. The molecular formula is C44H56O4. The van der Waals surface area contributed by atoms with Gasteiger partial charge >= 0.3 is 0 Å². The van der Waals surface area contributed by atoms with Gasteiger partial charge in [-0.1, -0.05) is 132 Å². The summed E-state index contributed by atoms with van der Waals surface area (Å²) in [6.45, 7) is 26.0. The molecule has 4 N–H and O–H groups in total. The lowest BCUT2D eigenvalue weighted by Crippen LogP contribution is -2.15. The highest BCUT2D eigenvalue weighted by Gasteiger charge is 2.27. The van der Waals surface area contributed by atoms with Gasteiger partial charge in [0.05, 0.1) is 0 Å². The molecule has 4 aromatic rings. The highest BCUT2D eigenvalue weighted by molar-refractivity contribution is 5.58. The Hall–Kier alpha value is -3.92. The van der Waals surface area contributed by atoms with E-state index < -0.39 is 0 Å². The number of hydrogen-bond acceptors (Lipinski definition) is 4. The van der Waals surface area contributed by atoms with Crippen molar-refractivity contribution in [2.24, 2.45) is 0 Å². The second kappa shape index (κ2) is 11.9. The second-order valence-corrected chi connectivity index (χ2v) is 18.3. The Morgan fingerprint density at radius 1 is 0.292 bits per heavy atom. The minimum absolute atomic E-state index is 0.190. The molecule has 0 aliphatic heterocycles. The molecule has 48 heavy (non-hydrogen) atoms. The van der Waals surface area contributed by atoms with Crippen LogP contribution in [0.4, 0.5) is 0 Å². The average molecular weight is 649 g/mol. The van der Waals surface area contributed by atoms with Crippen LogP contribution >= 0.6 is 0 Å². The molecule has 0 saturated heterocycles. The van der Waals surface area contributed by atoms with Crippen molar-refractivity contribution in [3.63, 3.8) is 0 Å². The lowest BCUT2D eigenvalue weighted by Gasteiger charge is -2.27. The van der Waals surface area contributed by atoms with Crippen molar-refractivity contribution in [1.29, 1.82) is 0 Å². The van der Waals surface area contributed by atoms with Gasteiger partial charge in [-0.2, -0.15) is 0 Å². The molecule has 1 aliphatic carbocycles. The number of phenolic OH excluding ortho intramolecular Hbond substituents is 4. The van der Waals surface area contributed by atoms with Gasteiger partial charge in [0.2, 0.25) is 0 Å². The molecule has 5 rings (SSSR count). The zero-order valence-corrected chi connectivity index (χ0v) is 31.2. The smallest absolute Gasteiger partial charge is 0.122 e. The van der Waals surface area contributed by atoms with Gasteiger partial charge in [0, 0.05) is 25.7 Å². The van der Waals surface area contributed by atoms with E-state index in [4.69, 9.17) is 0 Å². The van der Waals surface area contributed by atoms with Crippen LogP contribution in [0, 0.1) is 0 Å². The van der Waals surface area contributed by atoms with E-state index in [1.807, 2.05) is 0 Å². The SMILES string of the molecule is CC(C)(C)c1cc2c(O)c(c1)Cc1cc(C(C)(C)C)cc(c1O)Cc1cc(C(C)(C)C)cc(c1O)Cc1cc(C(C)(C)C)cc(c1O)C2. The Bertz CT molecular complexity index is 1510. The molecule has 256 valence electrons. The van der Waals surface area contributed by atoms with E-state index in [-0.39, 0.29) is 44.7 Å². The van der Waals surface area contributed by atoms with Crippen molar-refractivity contribution in [2.75, 3.05) is 0 Å². The van der Waals surface area contributed by atoms with E-state index in [0.29, 0.717) is 25.7 Å². The van der Waals surface area contributed by atoms with Crippen LogP contribution in [0.2, 0.25) is 0 Å². The maximum atomic E-state index is 11.9. The fourth-order valence-corrected chi connectivity index (χ4v) is 6.67. The largest absolute Gasteiger partial charge is 0.507 e. The van der Waals surface area contributed by atoms with Gasteiger partial charge in [0.15, 0.2) is 0 Å². The van der Waals surface area contributed by atoms with E-state index >= 15 is 0 Å². The highest BCUT2D eigenvalue weighted by atomic mass is 16.3. The molecule has 0 atom stereocenters. The summed E-state index contributed by atoms with van der Waals surface area (Å²) >= 11 is 0. The standard InChI is InChI=1S/C44H56O4/c1-41(2,3)33-17-25-13-27-19-34(42(4,5)6)21-29(38(27)46)15-31-23-36(44(10,11)12)24-32(40(31)48)16-30-22-35(43(7,8)9)20-28(39(30)47)14-26(18-33)37(25)45/h17-24,45-48H,13-16H2,1-12H3. The summed E-state index contributed by atoms with van der Waals surface area (Å²) in [5, 5.41) is 47.6. The van der Waals surface area contributed by atoms with Crippen LogP contribution in [-0.2, 0) is 47.3 Å². The van der Waals surface area contributed by atoms with Gasteiger partial charge in [0.1, 0.15) is 23.0 Å². The molecule has 0 spiro atoms. The number of phenols is 4. The summed E-state index contributed by atoms with van der Waals surface area (Å²) in [6, 6.07) is 16.5. The third kappa shape index (κ3) is 7.09. The fourth-order valence-electron chi connectivity index (χ4n) is 6.67. The van der Waals surface area contributed by atoms with E-state index in [1.54, 1.807) is 0 Å². The number of fused-ring (bicyclic) bond motifs is 8. The molecule has 0 saturated carbocycles. The summed E-state index contributed by atoms with van der Waals surface area (Å²) < 4.78 is 0. The van der Waals surface area contributed by atoms with Gasteiger partial charge in [-0.15, -0.1) is 0 Å². The molecule has 8 bridgehead atoms. The van der Waals surface area contributed by atoms with Crippen molar-refractivity contribution < 1.29 is 20.4 Å². The lowest BCUT2D eigenvalue weighted by molar-refractivity contribution is 0.448. The Morgan fingerprint density at radius 2 is 0.417 bits per heavy atom. The summed E-state index contributed by atoms with van der Waals surface area (Å²) in [6.07, 6.45) is 1.35. The molecule has 4 aromatic carbocycles. The maximum Gasteiger partial charge on any atom is 0.122 e. The van der Waals surface area contributed by atoms with Crippen LogP contribution in [0.1, 0.15) is 150 Å². The van der Waals surface area contributed by atoms with Crippen molar-refractivity contribution in [3.05, 3.63) is 115 Å². The third-order valence-electron chi connectivity index (χ3n) is 10.1. The molecule has 0 amide bonds. The molecule has 0 aromatic heterocycles. The average Bonchev–Trinajstić information content (AvgIpc) is 2.93. The number of aromatic hydroxyl groups is 4. The minimum Gasteiger partial charge on any atom is -0.507 e. The molecule has 1 aliphatic rings. The summed E-state index contributed by atoms with van der Waals surface area (Å²) in [7, 11) is 0. The van der Waals surface area contributed by atoms with Crippen molar-refractivity contribution in [1.82, 2.24) is 0 Å². The van der Waals surface area contributed by atoms with E-state index in [2.05, 4.69) is 132 Å². The molecule has 0 unspecified atom stereocenters. The van der Waals surface area contributed by atoms with E-state index in [1.165, 1.54) is 0 Å². The Morgan fingerprint density at radius 3 is 0.521 bits per heavy atom. The second-order valence-electron chi connectivity index (χ2n) is 18.3. The first-order chi connectivity index (χ1) is 21.9. The number of benzene rings is 4. The number of rotatable bonds is 0. The molecule has 4 heteroatoms. The first kappa shape index (κ1) is 35.4. The molecule has 0 fully saturated rings. The predicted molar refractivity (Wildman–Crippen MR) is 198 cm³/mol. The van der Waals surface area contributed by atoms with Crippen LogP contribution in [0.25, 0.3) is 0 Å². The highest BCUT2D eigenvalue weighted by Crippen LogP contribution is 2.43. The van der Waals surface area contributed by atoms with Gasteiger partial charge < -0.3 is 20.4 Å². The van der Waals surface area contributed by atoms with Crippen LogP contribution in [0.5, 0.6) is 23.0 Å². The van der Waals surface area contributed by atoms with Gasteiger partial charge in [-0.25, -0.2) is 0 Å². The van der Waals surface area contributed by atoms with Crippen LogP contribution in [0.3, 0.4) is 0 Å². The first-order valence-electron chi connectivity index (χ1n) is 17.3. The summed E-state index contributed by atoms with van der Waals surface area (Å²) in [4.78, 5) is 0. The minimum atomic E-state index is -0.190. The quantitative estimate of drug-likeness (QED) is 0.135. The summed E-state index contributed by atoms with van der Waals surface area (Å²) in [5.41, 5.74) is 9.48. The molecule has 0 heterocycles. The summed E-state index contributed by atoms with van der Waals surface area (Å²) in [5.74, 6) is 0.767. The van der Waals surface area contributed by atoms with E-state index in [9.17, 15) is 20.4 Å². The maximum absolute atomic E-state index is 11.9. The van der Waals surface area contributed by atoms with Crippen molar-refractivity contribution >= 4 is 0 Å².